The first-order valence-electron chi connectivity index (χ1n) is 5.11. The van der Waals surface area contributed by atoms with Crippen molar-refractivity contribution in [2.75, 3.05) is 25.1 Å². The van der Waals surface area contributed by atoms with Gasteiger partial charge in [0, 0.05) is 12.2 Å². The molecule has 0 unspecified atom stereocenters. The Morgan fingerprint density at radius 3 is 2.94 bits per heavy atom. The zero-order valence-electron chi connectivity index (χ0n) is 9.41. The molecule has 1 aromatic rings. The van der Waals surface area contributed by atoms with Crippen molar-refractivity contribution in [3.8, 4) is 6.07 Å². The van der Waals surface area contributed by atoms with Gasteiger partial charge in [-0.1, -0.05) is 0 Å². The minimum Gasteiger partial charge on any atom is -0.374 e. The van der Waals surface area contributed by atoms with E-state index in [2.05, 4.69) is 10.3 Å². The first-order valence-corrected chi connectivity index (χ1v) is 5.11. The van der Waals surface area contributed by atoms with Crippen LogP contribution in [0.15, 0.2) is 12.1 Å². The number of hydrogen-bond donors (Lipinski definition) is 1. The monoisotopic (exact) mass is 241 g/mol. The van der Waals surface area contributed by atoms with Gasteiger partial charge >= 0.3 is 0 Å². The van der Waals surface area contributed by atoms with E-state index in [1.807, 2.05) is 6.07 Å². The fourth-order valence-corrected chi connectivity index (χ4v) is 1.20. The van der Waals surface area contributed by atoms with Gasteiger partial charge in [0.15, 0.2) is 0 Å². The van der Waals surface area contributed by atoms with Crippen LogP contribution in [0.5, 0.6) is 0 Å². The van der Waals surface area contributed by atoms with Crippen LogP contribution in [-0.2, 0) is 4.74 Å². The van der Waals surface area contributed by atoms with E-state index in [0.29, 0.717) is 17.9 Å². The van der Waals surface area contributed by atoms with Crippen molar-refractivity contribution in [1.29, 1.82) is 5.26 Å². The van der Waals surface area contributed by atoms with Crippen LogP contribution in [0.4, 0.5) is 14.6 Å². The molecule has 17 heavy (non-hydrogen) atoms. The highest BCUT2D eigenvalue weighted by Crippen LogP contribution is 2.11. The maximum absolute atomic E-state index is 11.8. The Kier molecular flexibility index (Phi) is 5.30. The molecule has 1 N–H and O–H groups in total. The molecule has 0 radical (unpaired) electrons. The summed E-state index contributed by atoms with van der Waals surface area (Å²) in [5, 5.41) is 11.7. The summed E-state index contributed by atoms with van der Waals surface area (Å²) in [5.41, 5.74) is 1.20. The molecule has 0 saturated carbocycles. The Balaban J connectivity index is 2.41. The van der Waals surface area contributed by atoms with E-state index in [-0.39, 0.29) is 6.61 Å². The van der Waals surface area contributed by atoms with E-state index in [1.165, 1.54) is 0 Å². The highest BCUT2D eigenvalue weighted by atomic mass is 19.3. The molecule has 0 amide bonds. The minimum atomic E-state index is -2.46. The fraction of sp³-hybridized carbons (Fsp3) is 0.455. The van der Waals surface area contributed by atoms with Crippen LogP contribution in [0, 0.1) is 18.3 Å². The van der Waals surface area contributed by atoms with Crippen LogP contribution in [0.2, 0.25) is 0 Å². The van der Waals surface area contributed by atoms with Crippen molar-refractivity contribution in [1.82, 2.24) is 4.98 Å². The zero-order chi connectivity index (χ0) is 12.7. The predicted octanol–water partition coefficient (Wildman–Crippen LogP) is 1.96. The molecule has 1 rings (SSSR count). The standard InChI is InChI=1S/C11H13F2N3O/c1-8-2-3-9(6-14)11(16-8)15-4-5-17-7-10(12)13/h2-3,10H,4-5,7H2,1H3,(H,15,16). The van der Waals surface area contributed by atoms with Crippen molar-refractivity contribution in [2.45, 2.75) is 13.3 Å². The number of pyridine rings is 1. The number of ether oxygens (including phenoxy) is 1. The lowest BCUT2D eigenvalue weighted by molar-refractivity contribution is 0.0215. The maximum atomic E-state index is 11.8. The van der Waals surface area contributed by atoms with Gasteiger partial charge < -0.3 is 10.1 Å². The molecule has 0 aliphatic rings. The van der Waals surface area contributed by atoms with Crippen LogP contribution in [0.25, 0.3) is 0 Å². The Morgan fingerprint density at radius 1 is 1.53 bits per heavy atom. The third-order valence-electron chi connectivity index (χ3n) is 1.94. The summed E-state index contributed by atoms with van der Waals surface area (Å²) in [7, 11) is 0. The normalized spacial score (nSPS) is 10.3. The molecule has 0 spiro atoms. The smallest absolute Gasteiger partial charge is 0.261 e. The molecule has 0 bridgehead atoms. The Morgan fingerprint density at radius 2 is 2.29 bits per heavy atom. The number of aryl methyl sites for hydroxylation is 1. The maximum Gasteiger partial charge on any atom is 0.261 e. The van der Waals surface area contributed by atoms with Crippen LogP contribution in [-0.4, -0.2) is 31.2 Å². The van der Waals surface area contributed by atoms with Crippen LogP contribution in [0.1, 0.15) is 11.3 Å². The van der Waals surface area contributed by atoms with Crippen molar-refractivity contribution >= 4 is 5.82 Å². The number of hydrogen-bond acceptors (Lipinski definition) is 4. The fourth-order valence-electron chi connectivity index (χ4n) is 1.20. The van der Waals surface area contributed by atoms with Crippen LogP contribution < -0.4 is 5.32 Å². The highest BCUT2D eigenvalue weighted by molar-refractivity contribution is 5.52. The van der Waals surface area contributed by atoms with Crippen molar-refractivity contribution < 1.29 is 13.5 Å². The topological polar surface area (TPSA) is 57.9 Å². The molecule has 0 aliphatic heterocycles. The average molecular weight is 241 g/mol. The molecule has 0 saturated heterocycles. The molecule has 4 nitrogen and oxygen atoms in total. The molecule has 0 fully saturated rings. The van der Waals surface area contributed by atoms with E-state index in [1.54, 1.807) is 19.1 Å². The molecular weight excluding hydrogens is 228 g/mol. The molecule has 0 aromatic carbocycles. The van der Waals surface area contributed by atoms with Gasteiger partial charge in [0.05, 0.1) is 12.2 Å². The minimum absolute atomic E-state index is 0.144. The lowest BCUT2D eigenvalue weighted by Crippen LogP contribution is -2.14. The molecule has 6 heteroatoms. The van der Waals surface area contributed by atoms with E-state index >= 15 is 0 Å². The van der Waals surface area contributed by atoms with Gasteiger partial charge in [-0.05, 0) is 19.1 Å². The molecule has 0 aliphatic carbocycles. The van der Waals surface area contributed by atoms with Crippen LogP contribution >= 0.6 is 0 Å². The van der Waals surface area contributed by atoms with Gasteiger partial charge in [-0.2, -0.15) is 5.26 Å². The van der Waals surface area contributed by atoms with Gasteiger partial charge in [0.2, 0.25) is 0 Å². The number of aromatic nitrogens is 1. The van der Waals surface area contributed by atoms with E-state index in [0.717, 1.165) is 5.69 Å². The van der Waals surface area contributed by atoms with Crippen molar-refractivity contribution in [2.24, 2.45) is 0 Å². The predicted molar refractivity (Wildman–Crippen MR) is 59.0 cm³/mol. The molecule has 0 atom stereocenters. The van der Waals surface area contributed by atoms with Gasteiger partial charge in [-0.15, -0.1) is 0 Å². The van der Waals surface area contributed by atoms with Crippen molar-refractivity contribution in [3.05, 3.63) is 23.4 Å². The summed E-state index contributed by atoms with van der Waals surface area (Å²) in [5.74, 6) is 0.452. The largest absolute Gasteiger partial charge is 0.374 e. The zero-order valence-corrected chi connectivity index (χ0v) is 9.41. The first-order chi connectivity index (χ1) is 8.13. The lowest BCUT2D eigenvalue weighted by atomic mass is 10.2. The summed E-state index contributed by atoms with van der Waals surface area (Å²) in [6.07, 6.45) is -2.46. The molecule has 92 valence electrons. The van der Waals surface area contributed by atoms with E-state index in [4.69, 9.17) is 10.00 Å². The quantitative estimate of drug-likeness (QED) is 0.773. The summed E-state index contributed by atoms with van der Waals surface area (Å²) in [6, 6.07) is 5.39. The molecule has 1 heterocycles. The number of nitriles is 1. The molecule has 1 aromatic heterocycles. The number of nitrogens with one attached hydrogen (secondary N) is 1. The summed E-state index contributed by atoms with van der Waals surface area (Å²) in [6.45, 7) is 1.70. The Bertz CT molecular complexity index is 404. The third kappa shape index (κ3) is 4.74. The van der Waals surface area contributed by atoms with E-state index < -0.39 is 13.0 Å². The second-order valence-corrected chi connectivity index (χ2v) is 3.35. The lowest BCUT2D eigenvalue weighted by Gasteiger charge is -2.08. The van der Waals surface area contributed by atoms with E-state index in [9.17, 15) is 8.78 Å². The number of halogens is 2. The SMILES string of the molecule is Cc1ccc(C#N)c(NCCOCC(F)F)n1. The third-order valence-corrected chi connectivity index (χ3v) is 1.94. The van der Waals surface area contributed by atoms with Gasteiger partial charge in [-0.25, -0.2) is 13.8 Å². The highest BCUT2D eigenvalue weighted by Gasteiger charge is 2.04. The molecular formula is C11H13F2N3O. The Labute approximate surface area is 98.2 Å². The number of anilines is 1. The number of nitrogens with zero attached hydrogens (tertiary/aromatic N) is 2. The van der Waals surface area contributed by atoms with Crippen LogP contribution in [0.3, 0.4) is 0 Å². The van der Waals surface area contributed by atoms with Gasteiger partial charge in [0.1, 0.15) is 18.5 Å². The second kappa shape index (κ2) is 6.76. The second-order valence-electron chi connectivity index (χ2n) is 3.35. The Hall–Kier alpha value is -1.74. The van der Waals surface area contributed by atoms with Crippen molar-refractivity contribution in [3.63, 3.8) is 0 Å². The summed E-state index contributed by atoms with van der Waals surface area (Å²) >= 11 is 0. The first kappa shape index (κ1) is 13.3. The summed E-state index contributed by atoms with van der Waals surface area (Å²) < 4.78 is 28.2. The number of alkyl halides is 2. The van der Waals surface area contributed by atoms with Gasteiger partial charge in [-0.3, -0.25) is 0 Å². The summed E-state index contributed by atoms with van der Waals surface area (Å²) in [4.78, 5) is 4.14. The average Bonchev–Trinajstić information content (AvgIpc) is 2.28. The number of rotatable bonds is 6. The van der Waals surface area contributed by atoms with Gasteiger partial charge in [0.25, 0.3) is 6.43 Å².